The van der Waals surface area contributed by atoms with Gasteiger partial charge >= 0.3 is 5.69 Å². The van der Waals surface area contributed by atoms with Crippen molar-refractivity contribution < 1.29 is 4.79 Å². The van der Waals surface area contributed by atoms with E-state index in [1.54, 1.807) is 27.6 Å². The van der Waals surface area contributed by atoms with Gasteiger partial charge in [0, 0.05) is 35.5 Å². The average molecular weight is 454 g/mol. The van der Waals surface area contributed by atoms with E-state index in [9.17, 15) is 14.5 Å². The first-order chi connectivity index (χ1) is 16.5. The zero-order valence-corrected chi connectivity index (χ0v) is 18.9. The van der Waals surface area contributed by atoms with Gasteiger partial charge in [-0.1, -0.05) is 42.5 Å². The first-order valence-corrected chi connectivity index (χ1v) is 11.0. The molecular formula is C26H23N5O3. The largest absolute Gasteiger partial charge is 0.350 e. The van der Waals surface area contributed by atoms with Gasteiger partial charge < -0.3 is 4.57 Å². The van der Waals surface area contributed by atoms with Crippen LogP contribution in [0.4, 0.5) is 0 Å². The molecule has 0 saturated carbocycles. The number of carbonyl (C=O) groups is 1. The van der Waals surface area contributed by atoms with Crippen molar-refractivity contribution in [2.24, 2.45) is 12.2 Å². The number of nitroso groups, excluding NO2 is 1. The Morgan fingerprint density at radius 2 is 1.82 bits per heavy atom. The molecule has 0 bridgehead atoms. The summed E-state index contributed by atoms with van der Waals surface area (Å²) in [5, 5.41) is 3.70. The van der Waals surface area contributed by atoms with Crippen molar-refractivity contribution in [3.63, 3.8) is 0 Å². The van der Waals surface area contributed by atoms with Crippen LogP contribution in [-0.2, 0) is 18.4 Å². The number of hydrogen-bond acceptors (Lipinski definition) is 4. The smallest absolute Gasteiger partial charge is 0.330 e. The number of aryl methyl sites for hydroxylation is 2. The van der Waals surface area contributed by atoms with Gasteiger partial charge in [-0.3, -0.25) is 18.9 Å². The molecule has 3 heterocycles. The molecule has 34 heavy (non-hydrogen) atoms. The van der Waals surface area contributed by atoms with Crippen LogP contribution in [0.15, 0.2) is 83.2 Å². The predicted molar refractivity (Wildman–Crippen MR) is 131 cm³/mol. The van der Waals surface area contributed by atoms with Gasteiger partial charge in [0.15, 0.2) is 0 Å². The second-order valence-corrected chi connectivity index (χ2v) is 8.45. The van der Waals surface area contributed by atoms with Crippen molar-refractivity contribution in [1.82, 2.24) is 18.7 Å². The zero-order valence-electron chi connectivity index (χ0n) is 18.9. The highest BCUT2D eigenvalue weighted by Gasteiger charge is 2.25. The van der Waals surface area contributed by atoms with Crippen molar-refractivity contribution in [3.05, 3.63) is 105 Å². The number of nitrogens with zero attached hydrogens (tertiary/aromatic N) is 5. The number of aromatic nitrogens is 4. The molecule has 8 nitrogen and oxygen atoms in total. The van der Waals surface area contributed by atoms with Gasteiger partial charge in [-0.05, 0) is 35.7 Å². The molecule has 0 aliphatic carbocycles. The van der Waals surface area contributed by atoms with Gasteiger partial charge in [0.1, 0.15) is 0 Å². The molecule has 0 radical (unpaired) electrons. The Labute approximate surface area is 195 Å². The number of hydrogen-bond donors (Lipinski definition) is 0. The lowest BCUT2D eigenvalue weighted by Gasteiger charge is -2.17. The van der Waals surface area contributed by atoms with Crippen molar-refractivity contribution >= 4 is 27.8 Å². The molecule has 5 rings (SSSR count). The molecule has 0 aliphatic rings. The summed E-state index contributed by atoms with van der Waals surface area (Å²) in [5.41, 5.74) is 5.01. The highest BCUT2D eigenvalue weighted by atomic mass is 16.3. The maximum atomic E-state index is 13.9. The van der Waals surface area contributed by atoms with E-state index in [1.165, 1.54) is 0 Å². The van der Waals surface area contributed by atoms with Gasteiger partial charge in [0.2, 0.25) is 0 Å². The fourth-order valence-electron chi connectivity index (χ4n) is 4.84. The summed E-state index contributed by atoms with van der Waals surface area (Å²) >= 11 is 0. The third-order valence-electron chi connectivity index (χ3n) is 6.36. The predicted octanol–water partition coefficient (Wildman–Crippen LogP) is 4.32. The summed E-state index contributed by atoms with van der Waals surface area (Å²) in [4.78, 5) is 41.2. The van der Waals surface area contributed by atoms with E-state index in [4.69, 9.17) is 0 Å². The van der Waals surface area contributed by atoms with Gasteiger partial charge in [-0.2, -0.15) is 0 Å². The summed E-state index contributed by atoms with van der Waals surface area (Å²) in [7, 11) is 1.99. The molecule has 1 atom stereocenters. The van der Waals surface area contributed by atoms with Gasteiger partial charge in [0.05, 0.1) is 36.2 Å². The van der Waals surface area contributed by atoms with Gasteiger partial charge in [0.25, 0.3) is 5.91 Å². The third kappa shape index (κ3) is 3.53. The Bertz CT molecular complexity index is 1590. The Kier molecular flexibility index (Phi) is 5.41. The minimum atomic E-state index is -0.805. The van der Waals surface area contributed by atoms with Crippen LogP contribution < -0.4 is 5.69 Å². The summed E-state index contributed by atoms with van der Waals surface area (Å²) in [5.74, 6) is -0.805. The zero-order chi connectivity index (χ0) is 23.8. The minimum Gasteiger partial charge on any atom is -0.350 e. The number of rotatable bonds is 6. The molecule has 0 saturated heterocycles. The van der Waals surface area contributed by atoms with Crippen molar-refractivity contribution in [2.45, 2.75) is 25.9 Å². The minimum absolute atomic E-state index is 0.206. The fraction of sp³-hybridized carbons (Fsp3) is 0.192. The van der Waals surface area contributed by atoms with Crippen molar-refractivity contribution in [2.75, 3.05) is 0 Å². The Hall–Kier alpha value is -4.33. The summed E-state index contributed by atoms with van der Waals surface area (Å²) in [6.45, 7) is 2.40. The van der Waals surface area contributed by atoms with E-state index < -0.39 is 11.9 Å². The van der Waals surface area contributed by atoms with Crippen LogP contribution in [0.2, 0.25) is 0 Å². The van der Waals surface area contributed by atoms with E-state index in [1.807, 2.05) is 49.6 Å². The van der Waals surface area contributed by atoms with Crippen LogP contribution in [0.1, 0.15) is 29.2 Å². The first kappa shape index (κ1) is 21.5. The fourth-order valence-corrected chi connectivity index (χ4v) is 4.84. The van der Waals surface area contributed by atoms with Crippen LogP contribution in [-0.4, -0.2) is 24.6 Å². The second-order valence-electron chi connectivity index (χ2n) is 8.45. The molecule has 0 aliphatic heterocycles. The van der Waals surface area contributed by atoms with Gasteiger partial charge in [-0.15, -0.1) is 4.91 Å². The van der Waals surface area contributed by atoms with E-state index in [2.05, 4.69) is 33.8 Å². The normalized spacial score (nSPS) is 12.3. The number of carbonyl (C=O) groups excluding carboxylic acids is 1. The third-order valence-corrected chi connectivity index (χ3v) is 6.36. The second kappa shape index (κ2) is 8.55. The van der Waals surface area contributed by atoms with Crippen LogP contribution in [0, 0.1) is 11.8 Å². The molecule has 0 N–H and O–H groups in total. The Morgan fingerprint density at radius 1 is 1.03 bits per heavy atom. The van der Waals surface area contributed by atoms with Crippen LogP contribution in [0.25, 0.3) is 21.9 Å². The average Bonchev–Trinajstić information content (AvgIpc) is 3.32. The lowest BCUT2D eigenvalue weighted by molar-refractivity contribution is -0.118. The number of fused-ring (bicyclic) bond motifs is 2. The van der Waals surface area contributed by atoms with Gasteiger partial charge in [-0.25, -0.2) is 4.79 Å². The first-order valence-electron chi connectivity index (χ1n) is 11.0. The number of imidazole rings is 1. The molecule has 0 fully saturated rings. The lowest BCUT2D eigenvalue weighted by Crippen LogP contribution is -2.29. The van der Waals surface area contributed by atoms with Crippen LogP contribution in [0.3, 0.4) is 0 Å². The molecule has 5 aromatic rings. The molecule has 0 unspecified atom stereocenters. The molecule has 170 valence electrons. The Balaban J connectivity index is 1.72. The van der Waals surface area contributed by atoms with E-state index >= 15 is 0 Å². The standard InChI is InChI=1S/C26H23N5O3/c1-17-7-6-10-21-25(17)19(15-29(21)2)16-30-23-14-27-12-11-20(23)31(26(30)33)22(13-24(32)28-34)18-8-4-3-5-9-18/h3-12,14-15,22H,13,16H2,1-2H3/t22-/m1/s1. The van der Waals surface area contributed by atoms with E-state index in [-0.39, 0.29) is 12.1 Å². The highest BCUT2D eigenvalue weighted by Crippen LogP contribution is 2.28. The van der Waals surface area contributed by atoms with Crippen LogP contribution >= 0.6 is 0 Å². The molecule has 2 aromatic carbocycles. The SMILES string of the molecule is Cc1cccc2c1c(Cn1c(=O)n([C@H](CC(=O)N=O)c3ccccc3)c3ccncc31)cn2C. The number of pyridine rings is 1. The highest BCUT2D eigenvalue weighted by molar-refractivity contribution is 5.87. The molecule has 3 aromatic heterocycles. The topological polar surface area (TPSA) is 91.2 Å². The summed E-state index contributed by atoms with van der Waals surface area (Å²) in [6.07, 6.45) is 5.11. The molecule has 0 spiro atoms. The van der Waals surface area contributed by atoms with E-state index in [0.717, 1.165) is 27.6 Å². The number of amides is 1. The summed E-state index contributed by atoms with van der Waals surface area (Å²) < 4.78 is 5.31. The number of benzene rings is 2. The molecule has 1 amide bonds. The Morgan fingerprint density at radius 3 is 2.59 bits per heavy atom. The maximum absolute atomic E-state index is 13.9. The van der Waals surface area contributed by atoms with Crippen molar-refractivity contribution in [1.29, 1.82) is 0 Å². The molecular weight excluding hydrogens is 430 g/mol. The maximum Gasteiger partial charge on any atom is 0.330 e. The van der Waals surface area contributed by atoms with E-state index in [0.29, 0.717) is 17.6 Å². The quantitative estimate of drug-likeness (QED) is 0.358. The van der Waals surface area contributed by atoms with Crippen LogP contribution in [0.5, 0.6) is 0 Å². The van der Waals surface area contributed by atoms with Crippen molar-refractivity contribution in [3.8, 4) is 0 Å². The molecule has 8 heteroatoms. The lowest BCUT2D eigenvalue weighted by atomic mass is 10.0. The summed E-state index contributed by atoms with van der Waals surface area (Å²) in [6, 6.07) is 16.4. The monoisotopic (exact) mass is 453 g/mol.